The van der Waals surface area contributed by atoms with Crippen LogP contribution in [0.5, 0.6) is 0 Å². The van der Waals surface area contributed by atoms with Gasteiger partial charge in [0.05, 0.1) is 17.3 Å². The zero-order valence-corrected chi connectivity index (χ0v) is 12.4. The molecule has 1 unspecified atom stereocenters. The molecule has 0 aliphatic rings. The average Bonchev–Trinajstić information content (AvgIpc) is 2.90. The van der Waals surface area contributed by atoms with Crippen LogP contribution >= 0.6 is 0 Å². The van der Waals surface area contributed by atoms with Gasteiger partial charge in [0.2, 0.25) is 0 Å². The van der Waals surface area contributed by atoms with Crippen molar-refractivity contribution in [3.63, 3.8) is 0 Å². The molecule has 0 saturated heterocycles. The van der Waals surface area contributed by atoms with Crippen molar-refractivity contribution in [1.29, 1.82) is 5.26 Å². The largest absolute Gasteiger partial charge is 0.281 e. The summed E-state index contributed by atoms with van der Waals surface area (Å²) in [5.74, 6) is -0.0315. The number of aromatic nitrogens is 2. The summed E-state index contributed by atoms with van der Waals surface area (Å²) in [7, 11) is 0. The van der Waals surface area contributed by atoms with Crippen molar-refractivity contribution in [3.05, 3.63) is 65.9 Å². The van der Waals surface area contributed by atoms with E-state index in [0.717, 1.165) is 27.7 Å². The molecule has 0 amide bonds. The van der Waals surface area contributed by atoms with Crippen LogP contribution in [0.3, 0.4) is 0 Å². The van der Waals surface area contributed by atoms with Crippen LogP contribution in [0.4, 0.5) is 0 Å². The van der Waals surface area contributed by atoms with Gasteiger partial charge in [-0.15, -0.1) is 0 Å². The summed E-state index contributed by atoms with van der Waals surface area (Å²) in [6, 6.07) is 8.39. The number of nitriles is 1. The number of benzene rings is 1. The van der Waals surface area contributed by atoms with Crippen LogP contribution < -0.4 is 0 Å². The SMILES string of the molecule is C=C/C=C(\C=C/C)C(CC#N)c1[nH]nc2c(C)cccc12. The van der Waals surface area contributed by atoms with Gasteiger partial charge >= 0.3 is 0 Å². The Morgan fingerprint density at radius 2 is 2.33 bits per heavy atom. The van der Waals surface area contributed by atoms with Crippen molar-refractivity contribution in [2.75, 3.05) is 0 Å². The van der Waals surface area contributed by atoms with Crippen LogP contribution in [0.25, 0.3) is 10.9 Å². The molecule has 3 nitrogen and oxygen atoms in total. The highest BCUT2D eigenvalue weighted by atomic mass is 15.1. The fourth-order valence-electron chi connectivity index (χ4n) is 2.56. The molecule has 21 heavy (non-hydrogen) atoms. The molecule has 0 aliphatic heterocycles. The minimum absolute atomic E-state index is 0.0315. The number of nitrogens with one attached hydrogen (secondary N) is 1. The first kappa shape index (κ1) is 14.8. The lowest BCUT2D eigenvalue weighted by Gasteiger charge is -2.14. The van der Waals surface area contributed by atoms with E-state index in [1.165, 1.54) is 0 Å². The molecule has 1 aromatic carbocycles. The Hall–Kier alpha value is -2.60. The Morgan fingerprint density at radius 1 is 1.52 bits per heavy atom. The Labute approximate surface area is 125 Å². The van der Waals surface area contributed by atoms with E-state index in [2.05, 4.69) is 22.8 Å². The summed E-state index contributed by atoms with van der Waals surface area (Å²) in [5, 5.41) is 17.8. The maximum Gasteiger partial charge on any atom is 0.0953 e. The van der Waals surface area contributed by atoms with Gasteiger partial charge in [0.25, 0.3) is 0 Å². The summed E-state index contributed by atoms with van der Waals surface area (Å²) in [5.41, 5.74) is 4.14. The zero-order valence-electron chi connectivity index (χ0n) is 12.4. The van der Waals surface area contributed by atoms with E-state index in [9.17, 15) is 5.26 Å². The fourth-order valence-corrected chi connectivity index (χ4v) is 2.56. The quantitative estimate of drug-likeness (QED) is 0.815. The van der Waals surface area contributed by atoms with Gasteiger partial charge in [-0.1, -0.05) is 49.1 Å². The highest BCUT2D eigenvalue weighted by molar-refractivity contribution is 5.85. The summed E-state index contributed by atoms with van der Waals surface area (Å²) < 4.78 is 0. The molecular weight excluding hydrogens is 258 g/mol. The monoisotopic (exact) mass is 277 g/mol. The Morgan fingerprint density at radius 3 is 3.00 bits per heavy atom. The van der Waals surface area contributed by atoms with E-state index in [1.807, 2.05) is 50.3 Å². The first-order valence-corrected chi connectivity index (χ1v) is 6.98. The first-order chi connectivity index (χ1) is 10.2. The van der Waals surface area contributed by atoms with Gasteiger partial charge in [0, 0.05) is 17.7 Å². The van der Waals surface area contributed by atoms with E-state index in [0.29, 0.717) is 6.42 Å². The number of nitrogens with zero attached hydrogens (tertiary/aromatic N) is 2. The smallest absolute Gasteiger partial charge is 0.0953 e. The molecule has 3 heteroatoms. The summed E-state index contributed by atoms with van der Waals surface area (Å²) in [6.45, 7) is 7.77. The highest BCUT2D eigenvalue weighted by Gasteiger charge is 2.20. The number of para-hydroxylation sites is 1. The first-order valence-electron chi connectivity index (χ1n) is 6.98. The van der Waals surface area contributed by atoms with Crippen LogP contribution in [-0.4, -0.2) is 10.2 Å². The Kier molecular flexibility index (Phi) is 4.73. The average molecular weight is 277 g/mol. The fraction of sp³-hybridized carbons (Fsp3) is 0.222. The maximum absolute atomic E-state index is 9.19. The van der Waals surface area contributed by atoms with Crippen LogP contribution in [-0.2, 0) is 0 Å². The molecule has 0 fully saturated rings. The number of rotatable bonds is 5. The van der Waals surface area contributed by atoms with Crippen LogP contribution in [0, 0.1) is 18.3 Å². The molecular formula is C18H19N3. The van der Waals surface area contributed by atoms with Crippen molar-refractivity contribution in [1.82, 2.24) is 10.2 Å². The van der Waals surface area contributed by atoms with Crippen molar-refractivity contribution in [2.45, 2.75) is 26.2 Å². The number of aryl methyl sites for hydroxylation is 1. The third kappa shape index (κ3) is 2.95. The Bertz CT molecular complexity index is 741. The molecule has 1 atom stereocenters. The second kappa shape index (κ2) is 6.71. The molecule has 2 aromatic rings. The number of hydrogen-bond acceptors (Lipinski definition) is 2. The maximum atomic E-state index is 9.19. The number of aromatic amines is 1. The molecule has 106 valence electrons. The van der Waals surface area contributed by atoms with Gasteiger partial charge in [-0.2, -0.15) is 10.4 Å². The van der Waals surface area contributed by atoms with E-state index in [4.69, 9.17) is 0 Å². The molecule has 0 saturated carbocycles. The van der Waals surface area contributed by atoms with Crippen LogP contribution in [0.15, 0.2) is 54.7 Å². The lowest BCUT2D eigenvalue weighted by atomic mass is 9.90. The molecule has 0 radical (unpaired) electrons. The van der Waals surface area contributed by atoms with E-state index >= 15 is 0 Å². The molecule has 0 bridgehead atoms. The van der Waals surface area contributed by atoms with Gasteiger partial charge in [-0.25, -0.2) is 0 Å². The molecule has 1 heterocycles. The minimum Gasteiger partial charge on any atom is -0.281 e. The van der Waals surface area contributed by atoms with Crippen molar-refractivity contribution in [2.24, 2.45) is 0 Å². The van der Waals surface area contributed by atoms with E-state index < -0.39 is 0 Å². The highest BCUT2D eigenvalue weighted by Crippen LogP contribution is 2.33. The molecule has 0 spiro atoms. The molecule has 1 aromatic heterocycles. The predicted molar refractivity (Wildman–Crippen MR) is 86.9 cm³/mol. The van der Waals surface area contributed by atoms with E-state index in [1.54, 1.807) is 6.08 Å². The minimum atomic E-state index is -0.0315. The third-order valence-electron chi connectivity index (χ3n) is 3.53. The van der Waals surface area contributed by atoms with E-state index in [-0.39, 0.29) is 5.92 Å². The lowest BCUT2D eigenvalue weighted by molar-refractivity contribution is 0.797. The van der Waals surface area contributed by atoms with Crippen molar-refractivity contribution < 1.29 is 0 Å². The van der Waals surface area contributed by atoms with Crippen LogP contribution in [0.2, 0.25) is 0 Å². The van der Waals surface area contributed by atoms with Crippen molar-refractivity contribution >= 4 is 10.9 Å². The molecule has 1 N–H and O–H groups in total. The summed E-state index contributed by atoms with van der Waals surface area (Å²) in [4.78, 5) is 0. The number of hydrogen-bond donors (Lipinski definition) is 1. The van der Waals surface area contributed by atoms with Gasteiger partial charge in [-0.3, -0.25) is 5.10 Å². The zero-order chi connectivity index (χ0) is 15.2. The second-order valence-corrected chi connectivity index (χ2v) is 4.93. The number of fused-ring (bicyclic) bond motifs is 1. The normalized spacial score (nSPS) is 13.5. The number of H-pyrrole nitrogens is 1. The second-order valence-electron chi connectivity index (χ2n) is 4.93. The van der Waals surface area contributed by atoms with Gasteiger partial charge < -0.3 is 0 Å². The predicted octanol–water partition coefficient (Wildman–Crippen LogP) is 4.56. The number of allylic oxidation sites excluding steroid dienone is 5. The standard InChI is InChI=1S/C18H19N3/c1-4-7-14(8-5-2)15(11-12-19)18-16-10-6-9-13(3)17(16)20-21-18/h4-10,15H,1,11H2,2-3H3,(H,20,21)/b8-5-,14-7+. The molecule has 2 rings (SSSR count). The third-order valence-corrected chi connectivity index (χ3v) is 3.53. The van der Waals surface area contributed by atoms with Gasteiger partial charge in [-0.05, 0) is 25.0 Å². The van der Waals surface area contributed by atoms with Gasteiger partial charge in [0.15, 0.2) is 0 Å². The lowest BCUT2D eigenvalue weighted by Crippen LogP contribution is -2.02. The summed E-state index contributed by atoms with van der Waals surface area (Å²) >= 11 is 0. The van der Waals surface area contributed by atoms with Crippen molar-refractivity contribution in [3.8, 4) is 6.07 Å². The Balaban J connectivity index is 2.60. The summed E-state index contributed by atoms with van der Waals surface area (Å²) in [6.07, 6.45) is 8.10. The molecule has 0 aliphatic carbocycles. The van der Waals surface area contributed by atoms with Crippen LogP contribution in [0.1, 0.15) is 30.5 Å². The van der Waals surface area contributed by atoms with Gasteiger partial charge in [0.1, 0.15) is 0 Å². The topological polar surface area (TPSA) is 52.5 Å².